The Morgan fingerprint density at radius 2 is 1.67 bits per heavy atom. The molecule has 2 aromatic carbocycles. The van der Waals surface area contributed by atoms with E-state index in [2.05, 4.69) is 5.43 Å². The molecule has 0 heterocycles. The molecule has 24 heavy (non-hydrogen) atoms. The van der Waals surface area contributed by atoms with Crippen LogP contribution in [0.4, 0.5) is 13.2 Å². The van der Waals surface area contributed by atoms with Crippen molar-refractivity contribution in [2.75, 3.05) is 20.6 Å². The zero-order valence-electron chi connectivity index (χ0n) is 13.7. The van der Waals surface area contributed by atoms with Crippen LogP contribution in [-0.4, -0.2) is 25.6 Å². The predicted molar refractivity (Wildman–Crippen MR) is 87.6 cm³/mol. The van der Waals surface area contributed by atoms with Gasteiger partial charge in [-0.05, 0) is 36.9 Å². The van der Waals surface area contributed by atoms with Crippen LogP contribution in [0.2, 0.25) is 0 Å². The molecule has 2 aromatic rings. The molecule has 0 aliphatic rings. The van der Waals surface area contributed by atoms with Crippen molar-refractivity contribution in [3.63, 3.8) is 0 Å². The van der Waals surface area contributed by atoms with E-state index in [-0.39, 0.29) is 6.10 Å². The Morgan fingerprint density at radius 1 is 1.04 bits per heavy atom. The lowest BCUT2D eigenvalue weighted by molar-refractivity contribution is -0.137. The van der Waals surface area contributed by atoms with Gasteiger partial charge in [0.05, 0.1) is 5.56 Å². The van der Waals surface area contributed by atoms with Gasteiger partial charge in [-0.15, -0.1) is 0 Å². The second-order valence-corrected chi connectivity index (χ2v) is 5.47. The minimum atomic E-state index is -4.34. The number of nitrogens with zero attached hydrogens (tertiary/aromatic N) is 1. The maximum Gasteiger partial charge on any atom is 0.416 e. The van der Waals surface area contributed by atoms with Gasteiger partial charge in [-0.2, -0.15) is 13.2 Å². The lowest BCUT2D eigenvalue weighted by Gasteiger charge is -2.23. The molecule has 0 bridgehead atoms. The minimum absolute atomic E-state index is 0.237. The first kappa shape index (κ1) is 18.3. The highest BCUT2D eigenvalue weighted by molar-refractivity contribution is 5.30. The molecule has 0 saturated heterocycles. The normalized spacial score (nSPS) is 13.1. The Morgan fingerprint density at radius 3 is 2.21 bits per heavy atom. The van der Waals surface area contributed by atoms with Gasteiger partial charge in [0.1, 0.15) is 11.9 Å². The molecule has 0 aromatic heterocycles. The molecular weight excluding hydrogens is 317 g/mol. The van der Waals surface area contributed by atoms with Crippen molar-refractivity contribution in [1.29, 1.82) is 0 Å². The number of benzene rings is 2. The van der Waals surface area contributed by atoms with Crippen molar-refractivity contribution < 1.29 is 17.9 Å². The summed E-state index contributed by atoms with van der Waals surface area (Å²) in [5, 5.41) is 1.92. The first-order valence-electron chi connectivity index (χ1n) is 7.67. The fraction of sp³-hybridized carbons (Fsp3) is 0.333. The quantitative estimate of drug-likeness (QED) is 0.763. The first-order valence-corrected chi connectivity index (χ1v) is 7.67. The van der Waals surface area contributed by atoms with Gasteiger partial charge in [0.25, 0.3) is 0 Å². The minimum Gasteiger partial charge on any atom is -0.486 e. The van der Waals surface area contributed by atoms with Crippen molar-refractivity contribution in [3.05, 3.63) is 65.7 Å². The fourth-order valence-corrected chi connectivity index (χ4v) is 2.27. The van der Waals surface area contributed by atoms with Crippen molar-refractivity contribution in [2.24, 2.45) is 0 Å². The fourth-order valence-electron chi connectivity index (χ4n) is 2.27. The van der Waals surface area contributed by atoms with Gasteiger partial charge in [-0.3, -0.25) is 5.43 Å². The smallest absolute Gasteiger partial charge is 0.416 e. The number of hydrogen-bond acceptors (Lipinski definition) is 3. The number of nitrogens with one attached hydrogen (secondary N) is 1. The average Bonchev–Trinajstić information content (AvgIpc) is 2.58. The molecule has 130 valence electrons. The maximum absolute atomic E-state index is 12.6. The van der Waals surface area contributed by atoms with Crippen LogP contribution in [-0.2, 0) is 6.18 Å². The van der Waals surface area contributed by atoms with Gasteiger partial charge >= 0.3 is 6.18 Å². The van der Waals surface area contributed by atoms with Crippen LogP contribution in [0.1, 0.15) is 23.7 Å². The molecule has 2 rings (SSSR count). The second-order valence-electron chi connectivity index (χ2n) is 5.47. The highest BCUT2D eigenvalue weighted by Gasteiger charge is 2.30. The summed E-state index contributed by atoms with van der Waals surface area (Å²) in [6.07, 6.45) is -3.88. The standard InChI is InChI=1S/C18H21F3N2O/c1-22-23(2)13-12-17(14-6-4-3-5-7-14)24-16-10-8-15(9-11-16)18(19,20)21/h3-11,17,22H,12-13H2,1-2H3. The van der Waals surface area contributed by atoms with Crippen LogP contribution in [0.3, 0.4) is 0 Å². The van der Waals surface area contributed by atoms with E-state index < -0.39 is 11.7 Å². The van der Waals surface area contributed by atoms with Crippen LogP contribution >= 0.6 is 0 Å². The third-order valence-electron chi connectivity index (χ3n) is 3.74. The zero-order valence-corrected chi connectivity index (χ0v) is 13.7. The van der Waals surface area contributed by atoms with Crippen molar-refractivity contribution in [3.8, 4) is 5.75 Å². The van der Waals surface area contributed by atoms with Crippen LogP contribution in [0.25, 0.3) is 0 Å². The summed E-state index contributed by atoms with van der Waals surface area (Å²) in [5.41, 5.74) is 3.32. The summed E-state index contributed by atoms with van der Waals surface area (Å²) in [5.74, 6) is 0.420. The van der Waals surface area contributed by atoms with Gasteiger partial charge in [0, 0.05) is 20.0 Å². The summed E-state index contributed by atoms with van der Waals surface area (Å²) in [7, 11) is 3.74. The Labute approximate surface area is 140 Å². The first-order chi connectivity index (χ1) is 11.4. The summed E-state index contributed by atoms with van der Waals surface area (Å²) in [6.45, 7) is 0.733. The predicted octanol–water partition coefficient (Wildman–Crippen LogP) is 4.28. The molecule has 1 N–H and O–H groups in total. The molecule has 0 spiro atoms. The SMILES string of the molecule is CNN(C)CCC(Oc1ccc(C(F)(F)F)cc1)c1ccccc1. The molecular formula is C18H21F3N2O. The van der Waals surface area contributed by atoms with Crippen molar-refractivity contribution in [1.82, 2.24) is 10.4 Å². The molecule has 0 amide bonds. The van der Waals surface area contributed by atoms with Gasteiger partial charge in [-0.25, -0.2) is 5.01 Å². The number of ether oxygens (including phenoxy) is 1. The van der Waals surface area contributed by atoms with Crippen LogP contribution in [0.15, 0.2) is 54.6 Å². The van der Waals surface area contributed by atoms with E-state index in [1.165, 1.54) is 12.1 Å². The third-order valence-corrected chi connectivity index (χ3v) is 3.74. The molecule has 1 unspecified atom stereocenters. The number of halogens is 3. The molecule has 6 heteroatoms. The third kappa shape index (κ3) is 5.25. The Bertz CT molecular complexity index is 614. The van der Waals surface area contributed by atoms with Crippen LogP contribution in [0, 0.1) is 0 Å². The summed E-state index contributed by atoms with van der Waals surface area (Å²) < 4.78 is 43.9. The molecule has 0 aliphatic carbocycles. The van der Waals surface area contributed by atoms with Crippen LogP contribution < -0.4 is 10.2 Å². The van der Waals surface area contributed by atoms with Crippen molar-refractivity contribution >= 4 is 0 Å². The summed E-state index contributed by atoms with van der Waals surface area (Å²) >= 11 is 0. The lowest BCUT2D eigenvalue weighted by Crippen LogP contribution is -2.32. The Kier molecular flexibility index (Phi) is 6.23. The Hall–Kier alpha value is -2.05. The highest BCUT2D eigenvalue weighted by Crippen LogP contribution is 2.31. The molecule has 1 atom stereocenters. The molecule has 0 aliphatic heterocycles. The molecule has 3 nitrogen and oxygen atoms in total. The molecule has 0 fully saturated rings. The van der Waals surface area contributed by atoms with E-state index in [4.69, 9.17) is 4.74 Å². The monoisotopic (exact) mass is 338 g/mol. The van der Waals surface area contributed by atoms with E-state index in [1.807, 2.05) is 49.4 Å². The zero-order chi connectivity index (χ0) is 17.6. The van der Waals surface area contributed by atoms with E-state index >= 15 is 0 Å². The van der Waals surface area contributed by atoms with Gasteiger partial charge < -0.3 is 4.74 Å². The van der Waals surface area contributed by atoms with E-state index in [1.54, 1.807) is 0 Å². The number of alkyl halides is 3. The average molecular weight is 338 g/mol. The molecule has 0 saturated carbocycles. The Balaban J connectivity index is 2.12. The van der Waals surface area contributed by atoms with Crippen LogP contribution in [0.5, 0.6) is 5.75 Å². The summed E-state index contributed by atoms with van der Waals surface area (Å²) in [4.78, 5) is 0. The van der Waals surface area contributed by atoms with Gasteiger partial charge in [0.2, 0.25) is 0 Å². The number of hydrogen-bond donors (Lipinski definition) is 1. The maximum atomic E-state index is 12.6. The topological polar surface area (TPSA) is 24.5 Å². The largest absolute Gasteiger partial charge is 0.486 e. The number of hydrazine groups is 1. The van der Waals surface area contributed by atoms with Crippen molar-refractivity contribution in [2.45, 2.75) is 18.7 Å². The lowest BCUT2D eigenvalue weighted by atomic mass is 10.1. The van der Waals surface area contributed by atoms with E-state index in [9.17, 15) is 13.2 Å². The van der Waals surface area contributed by atoms with Gasteiger partial charge in [0.15, 0.2) is 0 Å². The highest BCUT2D eigenvalue weighted by atomic mass is 19.4. The molecule has 0 radical (unpaired) electrons. The van der Waals surface area contributed by atoms with Gasteiger partial charge in [-0.1, -0.05) is 30.3 Å². The number of rotatable bonds is 7. The summed E-state index contributed by atoms with van der Waals surface area (Å²) in [6, 6.07) is 14.5. The van der Waals surface area contributed by atoms with E-state index in [0.29, 0.717) is 12.2 Å². The van der Waals surface area contributed by atoms with E-state index in [0.717, 1.165) is 24.2 Å². The second kappa shape index (κ2) is 8.17.